The average Bonchev–Trinajstić information content (AvgIpc) is 2.74. The summed E-state index contributed by atoms with van der Waals surface area (Å²) in [5.41, 5.74) is 3.71. The number of fused-ring (bicyclic) bond motifs is 1. The molecule has 2 heterocycles. The third kappa shape index (κ3) is 4.28. The number of carbonyl (C=O) groups excluding carboxylic acids is 1. The molecule has 1 aromatic heterocycles. The SMILES string of the molecule is Cc1cc(N2CCN(C(=O)CNc3ccc4[nH]c(=O)ccc4c3)C[C@H]2C)ccc1Cl. The molecule has 1 aliphatic rings. The van der Waals surface area contributed by atoms with E-state index in [4.69, 9.17) is 11.6 Å². The first-order valence-electron chi connectivity index (χ1n) is 10.1. The predicted molar refractivity (Wildman–Crippen MR) is 123 cm³/mol. The predicted octanol–water partition coefficient (Wildman–Crippen LogP) is 3.64. The average molecular weight is 425 g/mol. The minimum atomic E-state index is -0.125. The lowest BCUT2D eigenvalue weighted by Gasteiger charge is -2.41. The van der Waals surface area contributed by atoms with Crippen LogP contribution in [-0.4, -0.2) is 48.0 Å². The smallest absolute Gasteiger partial charge is 0.248 e. The first-order valence-corrected chi connectivity index (χ1v) is 10.5. The lowest BCUT2D eigenvalue weighted by Crippen LogP contribution is -2.54. The molecule has 1 atom stereocenters. The van der Waals surface area contributed by atoms with Crippen LogP contribution in [0.15, 0.2) is 53.3 Å². The minimum Gasteiger partial charge on any atom is -0.376 e. The van der Waals surface area contributed by atoms with Crippen molar-refractivity contribution in [1.82, 2.24) is 9.88 Å². The van der Waals surface area contributed by atoms with Crippen molar-refractivity contribution in [1.29, 1.82) is 0 Å². The van der Waals surface area contributed by atoms with Crippen LogP contribution in [0, 0.1) is 6.92 Å². The van der Waals surface area contributed by atoms with E-state index in [1.165, 1.54) is 6.07 Å². The van der Waals surface area contributed by atoms with Crippen molar-refractivity contribution in [3.8, 4) is 0 Å². The number of hydrogen-bond acceptors (Lipinski definition) is 4. The van der Waals surface area contributed by atoms with Gasteiger partial charge in [0.05, 0.1) is 6.54 Å². The molecule has 7 heteroatoms. The van der Waals surface area contributed by atoms with Gasteiger partial charge in [-0.15, -0.1) is 0 Å². The van der Waals surface area contributed by atoms with E-state index in [1.807, 2.05) is 42.2 Å². The monoisotopic (exact) mass is 424 g/mol. The summed E-state index contributed by atoms with van der Waals surface area (Å²) in [6, 6.07) is 15.2. The lowest BCUT2D eigenvalue weighted by atomic mass is 10.1. The Labute approximate surface area is 180 Å². The number of piperazine rings is 1. The summed E-state index contributed by atoms with van der Waals surface area (Å²) in [4.78, 5) is 31.2. The van der Waals surface area contributed by atoms with E-state index in [0.717, 1.165) is 39.4 Å². The van der Waals surface area contributed by atoms with E-state index >= 15 is 0 Å². The molecule has 1 saturated heterocycles. The molecule has 3 aromatic rings. The molecule has 6 nitrogen and oxygen atoms in total. The van der Waals surface area contributed by atoms with Crippen molar-refractivity contribution < 1.29 is 4.79 Å². The Hall–Kier alpha value is -2.99. The third-order valence-corrected chi connectivity index (χ3v) is 6.04. The van der Waals surface area contributed by atoms with Gasteiger partial charge in [0.15, 0.2) is 0 Å². The highest BCUT2D eigenvalue weighted by molar-refractivity contribution is 6.31. The number of rotatable bonds is 4. The summed E-state index contributed by atoms with van der Waals surface area (Å²) in [5, 5.41) is 4.90. The van der Waals surface area contributed by atoms with Gasteiger partial charge in [-0.1, -0.05) is 11.6 Å². The number of nitrogens with zero attached hydrogens (tertiary/aromatic N) is 2. The summed E-state index contributed by atoms with van der Waals surface area (Å²) < 4.78 is 0. The van der Waals surface area contributed by atoms with Crippen LogP contribution >= 0.6 is 11.6 Å². The van der Waals surface area contributed by atoms with Crippen molar-refractivity contribution in [2.24, 2.45) is 0 Å². The van der Waals surface area contributed by atoms with Gasteiger partial charge in [0.1, 0.15) is 0 Å². The summed E-state index contributed by atoms with van der Waals surface area (Å²) in [6.07, 6.45) is 0. The van der Waals surface area contributed by atoms with Gasteiger partial charge < -0.3 is 20.1 Å². The Kier molecular flexibility index (Phi) is 5.68. The highest BCUT2D eigenvalue weighted by Gasteiger charge is 2.26. The number of hydrogen-bond donors (Lipinski definition) is 2. The van der Waals surface area contributed by atoms with Gasteiger partial charge in [0.25, 0.3) is 0 Å². The molecule has 2 aromatic carbocycles. The Balaban J connectivity index is 1.36. The zero-order chi connectivity index (χ0) is 21.3. The maximum atomic E-state index is 12.7. The molecule has 2 N–H and O–H groups in total. The lowest BCUT2D eigenvalue weighted by molar-refractivity contribution is -0.130. The zero-order valence-electron chi connectivity index (χ0n) is 17.1. The van der Waals surface area contributed by atoms with E-state index in [2.05, 4.69) is 28.2 Å². The van der Waals surface area contributed by atoms with Crippen molar-refractivity contribution in [3.63, 3.8) is 0 Å². The second-order valence-corrected chi connectivity index (χ2v) is 8.20. The van der Waals surface area contributed by atoms with E-state index in [9.17, 15) is 9.59 Å². The van der Waals surface area contributed by atoms with Gasteiger partial charge in [-0.2, -0.15) is 0 Å². The molecule has 1 fully saturated rings. The Morgan fingerprint density at radius 3 is 2.77 bits per heavy atom. The molecule has 0 bridgehead atoms. The van der Waals surface area contributed by atoms with Crippen LogP contribution in [-0.2, 0) is 4.79 Å². The van der Waals surface area contributed by atoms with Crippen molar-refractivity contribution in [2.45, 2.75) is 19.9 Å². The van der Waals surface area contributed by atoms with Crippen LogP contribution in [0.4, 0.5) is 11.4 Å². The van der Waals surface area contributed by atoms with Crippen LogP contribution < -0.4 is 15.8 Å². The van der Waals surface area contributed by atoms with Crippen LogP contribution in [0.2, 0.25) is 5.02 Å². The fraction of sp³-hybridized carbons (Fsp3) is 0.304. The quantitative estimate of drug-likeness (QED) is 0.671. The molecule has 30 heavy (non-hydrogen) atoms. The van der Waals surface area contributed by atoms with E-state index in [-0.39, 0.29) is 24.1 Å². The summed E-state index contributed by atoms with van der Waals surface area (Å²) in [5.74, 6) is 0.0790. The van der Waals surface area contributed by atoms with Crippen LogP contribution in [0.5, 0.6) is 0 Å². The Morgan fingerprint density at radius 1 is 1.17 bits per heavy atom. The largest absolute Gasteiger partial charge is 0.376 e. The number of benzene rings is 2. The number of anilines is 2. The van der Waals surface area contributed by atoms with Gasteiger partial charge in [-0.3, -0.25) is 9.59 Å². The second-order valence-electron chi connectivity index (χ2n) is 7.79. The number of aromatic amines is 1. The number of pyridine rings is 1. The van der Waals surface area contributed by atoms with Gasteiger partial charge in [-0.05, 0) is 61.9 Å². The summed E-state index contributed by atoms with van der Waals surface area (Å²) in [7, 11) is 0. The maximum absolute atomic E-state index is 12.7. The molecular formula is C23H25ClN4O2. The number of halogens is 1. The van der Waals surface area contributed by atoms with Crippen molar-refractivity contribution in [3.05, 3.63) is 69.5 Å². The van der Waals surface area contributed by atoms with E-state index in [1.54, 1.807) is 6.07 Å². The maximum Gasteiger partial charge on any atom is 0.248 e. The van der Waals surface area contributed by atoms with Crippen LogP contribution in [0.1, 0.15) is 12.5 Å². The highest BCUT2D eigenvalue weighted by atomic mass is 35.5. The molecule has 0 unspecified atom stereocenters. The van der Waals surface area contributed by atoms with Gasteiger partial charge in [0.2, 0.25) is 11.5 Å². The Morgan fingerprint density at radius 2 is 2.00 bits per heavy atom. The molecule has 1 aliphatic heterocycles. The van der Waals surface area contributed by atoms with Crippen molar-refractivity contribution in [2.75, 3.05) is 36.4 Å². The second kappa shape index (κ2) is 8.40. The van der Waals surface area contributed by atoms with Gasteiger partial charge >= 0.3 is 0 Å². The van der Waals surface area contributed by atoms with E-state index in [0.29, 0.717) is 13.1 Å². The number of nitrogens with one attached hydrogen (secondary N) is 2. The fourth-order valence-corrected chi connectivity index (χ4v) is 4.05. The van der Waals surface area contributed by atoms with Crippen molar-refractivity contribution >= 4 is 39.8 Å². The number of H-pyrrole nitrogens is 1. The number of aryl methyl sites for hydroxylation is 1. The topological polar surface area (TPSA) is 68.4 Å². The minimum absolute atomic E-state index is 0.0790. The zero-order valence-corrected chi connectivity index (χ0v) is 17.9. The summed E-state index contributed by atoms with van der Waals surface area (Å²) >= 11 is 6.15. The number of aromatic nitrogens is 1. The van der Waals surface area contributed by atoms with E-state index < -0.39 is 0 Å². The molecule has 0 radical (unpaired) electrons. The Bertz CT molecular complexity index is 1140. The molecular weight excluding hydrogens is 400 g/mol. The standard InChI is InChI=1S/C23H25ClN4O2/c1-15-11-19(5-6-20(15)24)28-10-9-27(14-16(28)2)23(30)13-25-18-4-7-21-17(12-18)3-8-22(29)26-21/h3-8,11-12,16,25H,9-10,13-14H2,1-2H3,(H,26,29)/t16-/m1/s1. The molecule has 1 amide bonds. The van der Waals surface area contributed by atoms with Crippen LogP contribution in [0.3, 0.4) is 0 Å². The van der Waals surface area contributed by atoms with Gasteiger partial charge in [-0.25, -0.2) is 0 Å². The first-order chi connectivity index (χ1) is 14.4. The molecule has 0 spiro atoms. The highest BCUT2D eigenvalue weighted by Crippen LogP contribution is 2.26. The third-order valence-electron chi connectivity index (χ3n) is 5.62. The number of amides is 1. The molecule has 0 aliphatic carbocycles. The molecule has 4 rings (SSSR count). The number of carbonyl (C=O) groups is 1. The fourth-order valence-electron chi connectivity index (χ4n) is 3.93. The summed E-state index contributed by atoms with van der Waals surface area (Å²) in [6.45, 7) is 6.54. The first kappa shape index (κ1) is 20.3. The molecule has 0 saturated carbocycles. The normalized spacial score (nSPS) is 16.7. The van der Waals surface area contributed by atoms with Gasteiger partial charge in [0, 0.05) is 59.0 Å². The van der Waals surface area contributed by atoms with Crippen LogP contribution in [0.25, 0.3) is 10.9 Å². The molecule has 156 valence electrons.